The molecule has 1 saturated heterocycles. The minimum Gasteiger partial charge on any atom is -0.493 e. The number of hydrogen-bond acceptors (Lipinski definition) is 5. The number of rotatable bonds is 9. The third-order valence-corrected chi connectivity index (χ3v) is 4.80. The minimum atomic E-state index is -0.248. The van der Waals surface area contributed by atoms with Crippen molar-refractivity contribution >= 4 is 29.3 Å². The van der Waals surface area contributed by atoms with Crippen LogP contribution in [0.4, 0.5) is 0 Å². The molecule has 1 aliphatic heterocycles. The average molecular weight is 427 g/mol. The number of nitrogens with one attached hydrogen (secondary N) is 2. The number of ether oxygens (including phenoxy) is 3. The molecule has 0 aliphatic carbocycles. The summed E-state index contributed by atoms with van der Waals surface area (Å²) < 4.78 is 17.4. The highest BCUT2D eigenvalue weighted by Gasteiger charge is 2.20. The number of hydrogen-bond donors (Lipinski definition) is 2. The molecular formula is C23H26N2O4S. The van der Waals surface area contributed by atoms with Gasteiger partial charge in [0, 0.05) is 6.42 Å². The first-order valence-corrected chi connectivity index (χ1v) is 10.3. The average Bonchev–Trinajstić information content (AvgIpc) is 3.02. The molecule has 2 N–H and O–H groups in total. The lowest BCUT2D eigenvalue weighted by Gasteiger charge is -2.13. The highest BCUT2D eigenvalue weighted by molar-refractivity contribution is 7.80. The predicted octanol–water partition coefficient (Wildman–Crippen LogP) is 3.90. The molecule has 2 aromatic carbocycles. The number of thiocarbonyl (C=S) groups is 1. The van der Waals surface area contributed by atoms with E-state index in [4.69, 9.17) is 26.4 Å². The van der Waals surface area contributed by atoms with Crippen LogP contribution in [0.5, 0.6) is 17.2 Å². The van der Waals surface area contributed by atoms with Gasteiger partial charge in [-0.3, -0.25) is 10.1 Å². The Kier molecular flexibility index (Phi) is 7.30. The van der Waals surface area contributed by atoms with E-state index >= 15 is 0 Å². The van der Waals surface area contributed by atoms with Crippen LogP contribution in [0.2, 0.25) is 0 Å². The summed E-state index contributed by atoms with van der Waals surface area (Å²) in [5, 5.41) is 5.68. The van der Waals surface area contributed by atoms with Crippen molar-refractivity contribution in [1.82, 2.24) is 10.6 Å². The third kappa shape index (κ3) is 5.73. The molecule has 30 heavy (non-hydrogen) atoms. The molecule has 0 spiro atoms. The molecule has 0 radical (unpaired) electrons. The van der Waals surface area contributed by atoms with Crippen molar-refractivity contribution in [1.29, 1.82) is 0 Å². The summed E-state index contributed by atoms with van der Waals surface area (Å²) in [4.78, 5) is 11.8. The van der Waals surface area contributed by atoms with Gasteiger partial charge in [0.15, 0.2) is 16.6 Å². The molecule has 1 heterocycles. The molecule has 6 nitrogen and oxygen atoms in total. The summed E-state index contributed by atoms with van der Waals surface area (Å²) >= 11 is 4.95. The van der Waals surface area contributed by atoms with Crippen molar-refractivity contribution in [3.63, 3.8) is 0 Å². The lowest BCUT2D eigenvalue weighted by molar-refractivity contribution is -0.115. The van der Waals surface area contributed by atoms with Crippen LogP contribution in [0.1, 0.15) is 30.0 Å². The van der Waals surface area contributed by atoms with E-state index < -0.39 is 0 Å². The van der Waals surface area contributed by atoms with Crippen molar-refractivity contribution in [2.75, 3.05) is 19.8 Å². The highest BCUT2D eigenvalue weighted by Crippen LogP contribution is 2.29. The third-order valence-electron chi connectivity index (χ3n) is 4.59. The number of carbonyl (C=O) groups is 1. The molecule has 0 bridgehead atoms. The molecule has 0 unspecified atom stereocenters. The fourth-order valence-corrected chi connectivity index (χ4v) is 3.09. The Hall–Kier alpha value is -3.06. The van der Waals surface area contributed by atoms with Gasteiger partial charge >= 0.3 is 0 Å². The van der Waals surface area contributed by atoms with Gasteiger partial charge in [0.1, 0.15) is 11.4 Å². The zero-order valence-electron chi connectivity index (χ0n) is 17.4. The summed E-state index contributed by atoms with van der Waals surface area (Å²) in [5.41, 5.74) is 3.68. The van der Waals surface area contributed by atoms with Gasteiger partial charge < -0.3 is 19.5 Å². The van der Waals surface area contributed by atoms with E-state index in [1.165, 1.54) is 11.1 Å². The second-order valence-corrected chi connectivity index (χ2v) is 7.31. The zero-order chi connectivity index (χ0) is 21.5. The second-order valence-electron chi connectivity index (χ2n) is 6.90. The minimum absolute atomic E-state index is 0.248. The molecule has 1 amide bonds. The smallest absolute Gasteiger partial charge is 0.273 e. The van der Waals surface area contributed by atoms with Crippen LogP contribution < -0.4 is 24.8 Å². The highest BCUT2D eigenvalue weighted by atomic mass is 32.1. The van der Waals surface area contributed by atoms with Gasteiger partial charge in [0.05, 0.1) is 19.8 Å². The summed E-state index contributed by atoms with van der Waals surface area (Å²) in [6.07, 6.45) is 2.46. The second kappa shape index (κ2) is 10.1. The Labute approximate surface area is 182 Å². The lowest BCUT2D eigenvalue weighted by Crippen LogP contribution is -2.21. The van der Waals surface area contributed by atoms with Gasteiger partial charge in [-0.1, -0.05) is 12.1 Å². The summed E-state index contributed by atoms with van der Waals surface area (Å²) in [6, 6.07) is 11.6. The standard InChI is InChI=1S/C23H26N2O4S/c1-4-27-21-14-17(13-19-22(26)25-23(30)24-19)7-9-20(21)29-11-5-10-28-18-8-6-15(2)16(3)12-18/h6-9,12-14H,4-5,10-11H2,1-3H3,(H2,24,25,26,30). The molecule has 3 rings (SSSR count). The van der Waals surface area contributed by atoms with Gasteiger partial charge in [-0.05, 0) is 80.0 Å². The monoisotopic (exact) mass is 426 g/mol. The number of carbonyl (C=O) groups excluding carboxylic acids is 1. The van der Waals surface area contributed by atoms with Gasteiger partial charge in [-0.15, -0.1) is 0 Å². The van der Waals surface area contributed by atoms with E-state index in [2.05, 4.69) is 30.5 Å². The lowest BCUT2D eigenvalue weighted by atomic mass is 10.1. The molecule has 0 aromatic heterocycles. The Morgan fingerprint density at radius 2 is 1.73 bits per heavy atom. The summed E-state index contributed by atoms with van der Waals surface area (Å²) in [6.45, 7) is 7.65. The Morgan fingerprint density at radius 3 is 2.43 bits per heavy atom. The van der Waals surface area contributed by atoms with Crippen molar-refractivity contribution in [3.05, 3.63) is 58.8 Å². The van der Waals surface area contributed by atoms with Crippen LogP contribution in [0.15, 0.2) is 42.1 Å². The van der Waals surface area contributed by atoms with Gasteiger partial charge in [0.2, 0.25) is 0 Å². The topological polar surface area (TPSA) is 68.8 Å². The maximum absolute atomic E-state index is 11.8. The van der Waals surface area contributed by atoms with Crippen molar-refractivity contribution in [2.24, 2.45) is 0 Å². The SMILES string of the molecule is CCOc1cc(C=C2NC(=S)NC2=O)ccc1OCCCOc1ccc(C)c(C)c1. The Morgan fingerprint density at radius 1 is 0.933 bits per heavy atom. The van der Waals surface area contributed by atoms with Crippen LogP contribution in [-0.2, 0) is 4.79 Å². The van der Waals surface area contributed by atoms with E-state index in [-0.39, 0.29) is 5.91 Å². The quantitative estimate of drug-likeness (QED) is 0.360. The molecular weight excluding hydrogens is 400 g/mol. The van der Waals surface area contributed by atoms with E-state index in [0.29, 0.717) is 42.1 Å². The largest absolute Gasteiger partial charge is 0.493 e. The summed E-state index contributed by atoms with van der Waals surface area (Å²) in [7, 11) is 0. The van der Waals surface area contributed by atoms with Crippen LogP contribution in [0.3, 0.4) is 0 Å². The number of aryl methyl sites for hydroxylation is 2. The van der Waals surface area contributed by atoms with E-state index in [1.54, 1.807) is 6.08 Å². The van der Waals surface area contributed by atoms with Crippen molar-refractivity contribution < 1.29 is 19.0 Å². The van der Waals surface area contributed by atoms with Crippen LogP contribution >= 0.6 is 12.2 Å². The van der Waals surface area contributed by atoms with Crippen molar-refractivity contribution in [3.8, 4) is 17.2 Å². The molecule has 0 saturated carbocycles. The zero-order valence-corrected chi connectivity index (χ0v) is 18.2. The van der Waals surface area contributed by atoms with E-state index in [1.807, 2.05) is 37.3 Å². The Bertz CT molecular complexity index is 972. The maximum atomic E-state index is 11.8. The van der Waals surface area contributed by atoms with Gasteiger partial charge in [-0.2, -0.15) is 0 Å². The Balaban J connectivity index is 1.56. The van der Waals surface area contributed by atoms with Crippen LogP contribution in [0, 0.1) is 13.8 Å². The first kappa shape index (κ1) is 21.6. The molecule has 2 aromatic rings. The predicted molar refractivity (Wildman–Crippen MR) is 121 cm³/mol. The van der Waals surface area contributed by atoms with Crippen molar-refractivity contribution in [2.45, 2.75) is 27.2 Å². The molecule has 1 fully saturated rings. The van der Waals surface area contributed by atoms with Gasteiger partial charge in [-0.25, -0.2) is 0 Å². The normalized spacial score (nSPS) is 14.4. The van der Waals surface area contributed by atoms with Gasteiger partial charge in [0.25, 0.3) is 5.91 Å². The maximum Gasteiger partial charge on any atom is 0.273 e. The molecule has 1 aliphatic rings. The summed E-state index contributed by atoms with van der Waals surface area (Å²) in [5.74, 6) is 1.91. The number of benzene rings is 2. The van der Waals surface area contributed by atoms with Crippen LogP contribution in [-0.4, -0.2) is 30.8 Å². The molecule has 0 atom stereocenters. The first-order valence-electron chi connectivity index (χ1n) is 9.90. The fraction of sp³-hybridized carbons (Fsp3) is 0.304. The first-order chi connectivity index (χ1) is 14.5. The van der Waals surface area contributed by atoms with Crippen LogP contribution in [0.25, 0.3) is 6.08 Å². The van der Waals surface area contributed by atoms with E-state index in [9.17, 15) is 4.79 Å². The van der Waals surface area contributed by atoms with E-state index in [0.717, 1.165) is 17.7 Å². The molecule has 158 valence electrons. The number of amides is 1. The molecule has 7 heteroatoms. The fourth-order valence-electron chi connectivity index (χ4n) is 2.89.